The summed E-state index contributed by atoms with van der Waals surface area (Å²) in [6.07, 6.45) is 1.13. The molecule has 1 aliphatic carbocycles. The number of halogens is 3. The van der Waals surface area contributed by atoms with Crippen LogP contribution in [0.2, 0.25) is 0 Å². The van der Waals surface area contributed by atoms with Crippen LogP contribution in [0.25, 0.3) is 0 Å². The van der Waals surface area contributed by atoms with Crippen LogP contribution in [-0.4, -0.2) is 41.0 Å². The van der Waals surface area contributed by atoms with Crippen LogP contribution in [0, 0.1) is 11.3 Å². The molecule has 32 heavy (non-hydrogen) atoms. The van der Waals surface area contributed by atoms with Gasteiger partial charge in [0.15, 0.2) is 0 Å². The van der Waals surface area contributed by atoms with Gasteiger partial charge in [-0.25, -0.2) is 0 Å². The third-order valence-corrected chi connectivity index (χ3v) is 6.71. The zero-order valence-electron chi connectivity index (χ0n) is 18.6. The Balaban J connectivity index is 1.94. The highest BCUT2D eigenvalue weighted by atomic mass is 19.4. The number of rotatable bonds is 9. The molecule has 3 atom stereocenters. The highest BCUT2D eigenvalue weighted by molar-refractivity contribution is 5.78. The molecule has 3 N–H and O–H groups in total. The van der Waals surface area contributed by atoms with Gasteiger partial charge in [-0.2, -0.15) is 13.2 Å². The standard InChI is InChI=1S/C24H30F3N3O2/c1-23(8-9-23)21(16-5-4-10-29-14-16)19(22(28)32)12-17(30(2)3)11-15-6-7-18(31)13-20(15)24(25,26)27/h4-7,10,13-14,17,19,21,31H,8-9,11-12H2,1-3H3,(H2,28,32)/t17-,19?,21?/m1/s1. The molecule has 1 aliphatic rings. The Kier molecular flexibility index (Phi) is 6.83. The van der Waals surface area contributed by atoms with Crippen molar-refractivity contribution >= 4 is 5.91 Å². The van der Waals surface area contributed by atoms with Crippen LogP contribution >= 0.6 is 0 Å². The summed E-state index contributed by atoms with van der Waals surface area (Å²) in [5, 5.41) is 9.58. The van der Waals surface area contributed by atoms with Gasteiger partial charge in [0.1, 0.15) is 5.75 Å². The van der Waals surface area contributed by atoms with Crippen LogP contribution in [0.5, 0.6) is 5.75 Å². The summed E-state index contributed by atoms with van der Waals surface area (Å²) in [4.78, 5) is 18.7. The van der Waals surface area contributed by atoms with Crippen molar-refractivity contribution in [3.8, 4) is 5.75 Å². The topological polar surface area (TPSA) is 79.5 Å². The zero-order chi connectivity index (χ0) is 23.7. The van der Waals surface area contributed by atoms with E-state index in [9.17, 15) is 23.1 Å². The van der Waals surface area contributed by atoms with Gasteiger partial charge in [-0.3, -0.25) is 9.78 Å². The normalized spacial score (nSPS) is 18.2. The molecule has 0 bridgehead atoms. The SMILES string of the molecule is CN(C)[C@H](Cc1ccc(O)cc1C(F)(F)F)CC(C(N)=O)C(c1cccnc1)C1(C)CC1. The van der Waals surface area contributed by atoms with Gasteiger partial charge in [-0.05, 0) is 74.5 Å². The molecule has 1 amide bonds. The third-order valence-electron chi connectivity index (χ3n) is 6.71. The number of hydrogen-bond acceptors (Lipinski definition) is 4. The third kappa shape index (κ3) is 5.41. The fourth-order valence-electron chi connectivity index (χ4n) is 4.64. The molecule has 0 saturated heterocycles. The first-order valence-corrected chi connectivity index (χ1v) is 10.7. The first-order chi connectivity index (χ1) is 14.9. The van der Waals surface area contributed by atoms with Gasteiger partial charge in [0.2, 0.25) is 5.91 Å². The minimum absolute atomic E-state index is 0.0718. The molecular formula is C24H30F3N3O2. The Morgan fingerprint density at radius 3 is 2.47 bits per heavy atom. The van der Waals surface area contributed by atoms with Crippen LogP contribution in [0.1, 0.15) is 48.8 Å². The second kappa shape index (κ2) is 9.10. The lowest BCUT2D eigenvalue weighted by molar-refractivity contribution is -0.138. The maximum Gasteiger partial charge on any atom is 0.416 e. The molecule has 5 nitrogen and oxygen atoms in total. The summed E-state index contributed by atoms with van der Waals surface area (Å²) in [5.74, 6) is -1.60. The molecule has 1 aromatic heterocycles. The van der Waals surface area contributed by atoms with Gasteiger partial charge >= 0.3 is 6.18 Å². The van der Waals surface area contributed by atoms with Crippen molar-refractivity contribution in [1.29, 1.82) is 0 Å². The molecule has 1 heterocycles. The second-order valence-electron chi connectivity index (χ2n) is 9.32. The number of phenolic OH excluding ortho intramolecular Hbond substituents is 1. The monoisotopic (exact) mass is 449 g/mol. The van der Waals surface area contributed by atoms with Crippen LogP contribution in [-0.2, 0) is 17.4 Å². The molecule has 1 fully saturated rings. The molecule has 3 rings (SSSR count). The Bertz CT molecular complexity index is 943. The number of carbonyl (C=O) groups is 1. The van der Waals surface area contributed by atoms with Gasteiger partial charge in [0.05, 0.1) is 5.56 Å². The summed E-state index contributed by atoms with van der Waals surface area (Å²) in [5.41, 5.74) is 5.92. The van der Waals surface area contributed by atoms with E-state index >= 15 is 0 Å². The van der Waals surface area contributed by atoms with E-state index in [2.05, 4.69) is 11.9 Å². The van der Waals surface area contributed by atoms with Crippen molar-refractivity contribution in [3.05, 3.63) is 59.4 Å². The summed E-state index contributed by atoms with van der Waals surface area (Å²) < 4.78 is 40.7. The van der Waals surface area contributed by atoms with E-state index in [0.717, 1.165) is 24.5 Å². The number of nitrogens with two attached hydrogens (primary N) is 1. The summed E-state index contributed by atoms with van der Waals surface area (Å²) in [6.45, 7) is 2.12. The summed E-state index contributed by atoms with van der Waals surface area (Å²) >= 11 is 0. The number of primary amides is 1. The van der Waals surface area contributed by atoms with Crippen molar-refractivity contribution in [1.82, 2.24) is 9.88 Å². The van der Waals surface area contributed by atoms with Crippen molar-refractivity contribution in [2.45, 2.75) is 50.7 Å². The maximum atomic E-state index is 13.6. The van der Waals surface area contributed by atoms with Crippen LogP contribution in [0.3, 0.4) is 0 Å². The smallest absolute Gasteiger partial charge is 0.416 e. The Morgan fingerprint density at radius 2 is 1.97 bits per heavy atom. The first-order valence-electron chi connectivity index (χ1n) is 10.7. The number of carbonyl (C=O) groups excluding carboxylic acids is 1. The molecular weight excluding hydrogens is 419 g/mol. The van der Waals surface area contributed by atoms with Crippen molar-refractivity contribution in [2.24, 2.45) is 17.1 Å². The van der Waals surface area contributed by atoms with Crippen LogP contribution in [0.4, 0.5) is 13.2 Å². The number of aromatic nitrogens is 1. The highest BCUT2D eigenvalue weighted by Gasteiger charge is 2.50. The molecule has 0 radical (unpaired) electrons. The predicted molar refractivity (Wildman–Crippen MR) is 116 cm³/mol. The molecule has 1 aromatic carbocycles. The number of amides is 1. The van der Waals surface area contributed by atoms with E-state index in [1.807, 2.05) is 17.0 Å². The number of alkyl halides is 3. The number of hydrogen-bond donors (Lipinski definition) is 2. The molecule has 0 aliphatic heterocycles. The summed E-state index contributed by atoms with van der Waals surface area (Å²) in [7, 11) is 3.57. The van der Waals surface area contributed by atoms with E-state index in [-0.39, 0.29) is 29.4 Å². The molecule has 1 saturated carbocycles. The lowest BCUT2D eigenvalue weighted by Crippen LogP contribution is -2.40. The van der Waals surface area contributed by atoms with Gasteiger partial charge in [-0.15, -0.1) is 0 Å². The van der Waals surface area contributed by atoms with E-state index in [0.29, 0.717) is 6.42 Å². The van der Waals surface area contributed by atoms with Crippen LogP contribution in [0.15, 0.2) is 42.7 Å². The number of aromatic hydroxyl groups is 1. The lowest BCUT2D eigenvalue weighted by Gasteiger charge is -2.35. The molecule has 174 valence electrons. The van der Waals surface area contributed by atoms with Gasteiger partial charge in [0.25, 0.3) is 0 Å². The number of pyridine rings is 1. The first kappa shape index (κ1) is 24.0. The van der Waals surface area contributed by atoms with Gasteiger partial charge < -0.3 is 15.7 Å². The number of nitrogens with zero attached hydrogens (tertiary/aromatic N) is 2. The highest BCUT2D eigenvalue weighted by Crippen LogP contribution is 2.59. The number of benzene rings is 1. The van der Waals surface area contributed by atoms with E-state index in [1.54, 1.807) is 26.5 Å². The van der Waals surface area contributed by atoms with E-state index in [1.165, 1.54) is 12.1 Å². The Morgan fingerprint density at radius 1 is 1.28 bits per heavy atom. The van der Waals surface area contributed by atoms with E-state index < -0.39 is 29.3 Å². The predicted octanol–water partition coefficient (Wildman–Crippen LogP) is 4.35. The fourth-order valence-corrected chi connectivity index (χ4v) is 4.64. The average Bonchev–Trinajstić information content (AvgIpc) is 3.45. The number of phenols is 1. The van der Waals surface area contributed by atoms with Crippen molar-refractivity contribution in [3.63, 3.8) is 0 Å². The zero-order valence-corrected chi connectivity index (χ0v) is 18.6. The van der Waals surface area contributed by atoms with E-state index in [4.69, 9.17) is 5.73 Å². The summed E-state index contributed by atoms with van der Waals surface area (Å²) in [6, 6.07) is 6.70. The fraction of sp³-hybridized carbons (Fsp3) is 0.500. The largest absolute Gasteiger partial charge is 0.508 e. The Hall–Kier alpha value is -2.61. The Labute approximate surface area is 186 Å². The lowest BCUT2D eigenvalue weighted by atomic mass is 9.72. The quantitative estimate of drug-likeness (QED) is 0.596. The maximum absolute atomic E-state index is 13.6. The number of likely N-dealkylation sites (N-methyl/N-ethyl adjacent to an activating group) is 1. The van der Waals surface area contributed by atoms with Gasteiger partial charge in [-0.1, -0.05) is 19.1 Å². The van der Waals surface area contributed by atoms with Crippen LogP contribution < -0.4 is 5.73 Å². The molecule has 2 aromatic rings. The van der Waals surface area contributed by atoms with Crippen molar-refractivity contribution < 1.29 is 23.1 Å². The van der Waals surface area contributed by atoms with Crippen molar-refractivity contribution in [2.75, 3.05) is 14.1 Å². The average molecular weight is 450 g/mol. The molecule has 8 heteroatoms. The molecule has 2 unspecified atom stereocenters. The second-order valence-corrected chi connectivity index (χ2v) is 9.32. The minimum atomic E-state index is -4.59. The minimum Gasteiger partial charge on any atom is -0.508 e. The molecule has 0 spiro atoms. The van der Waals surface area contributed by atoms with Gasteiger partial charge in [0, 0.05) is 30.3 Å².